The lowest BCUT2D eigenvalue weighted by Gasteiger charge is -2.26. The van der Waals surface area contributed by atoms with Crippen molar-refractivity contribution < 1.29 is 18.0 Å². The Balaban J connectivity index is 1.70. The minimum absolute atomic E-state index is 0.117. The summed E-state index contributed by atoms with van der Waals surface area (Å²) in [5, 5.41) is 5.77. The number of nitrogens with one attached hydrogen (secondary N) is 2. The van der Waals surface area contributed by atoms with E-state index in [0.717, 1.165) is 31.4 Å². The summed E-state index contributed by atoms with van der Waals surface area (Å²) in [5.41, 5.74) is 1.39. The van der Waals surface area contributed by atoms with Gasteiger partial charge in [0, 0.05) is 18.8 Å². The van der Waals surface area contributed by atoms with E-state index in [9.17, 15) is 18.0 Å². The summed E-state index contributed by atoms with van der Waals surface area (Å²) >= 11 is 0. The third-order valence-electron chi connectivity index (χ3n) is 5.56. The lowest BCUT2D eigenvalue weighted by Crippen LogP contribution is -2.49. The highest BCUT2D eigenvalue weighted by Gasteiger charge is 2.43. The quantitative estimate of drug-likeness (QED) is 0.811. The van der Waals surface area contributed by atoms with Crippen LogP contribution in [0.15, 0.2) is 12.1 Å². The summed E-state index contributed by atoms with van der Waals surface area (Å²) in [6.07, 6.45) is 5.22. The second-order valence-electron chi connectivity index (χ2n) is 7.53. The van der Waals surface area contributed by atoms with Crippen molar-refractivity contribution in [2.75, 3.05) is 11.5 Å². The van der Waals surface area contributed by atoms with Crippen LogP contribution in [-0.4, -0.2) is 48.4 Å². The van der Waals surface area contributed by atoms with Crippen molar-refractivity contribution in [2.24, 2.45) is 13.0 Å². The van der Waals surface area contributed by atoms with Crippen LogP contribution in [0.2, 0.25) is 0 Å². The predicted octanol–water partition coefficient (Wildman–Crippen LogP) is 0.925. The van der Waals surface area contributed by atoms with Gasteiger partial charge in [-0.3, -0.25) is 9.59 Å². The summed E-state index contributed by atoms with van der Waals surface area (Å²) in [5.74, 6) is -1.73. The summed E-state index contributed by atoms with van der Waals surface area (Å²) in [6, 6.07) is 2.96. The standard InChI is InChI=1S/C18H27N3O4S/c1-12-8-9-16(21(12)2)18(23)20-15-11-26(24,25)10-14(15)17(22)19-13-6-4-3-5-7-13/h8-9,13-15H,3-7,10-11H2,1-2H3,(H,19,22)(H,20,23)/t14-,15-/m1/s1. The van der Waals surface area contributed by atoms with Gasteiger partial charge in [-0.05, 0) is 31.9 Å². The maximum atomic E-state index is 12.7. The van der Waals surface area contributed by atoms with Crippen LogP contribution in [0.1, 0.15) is 48.3 Å². The van der Waals surface area contributed by atoms with E-state index in [2.05, 4.69) is 10.6 Å². The second kappa shape index (κ2) is 7.42. The summed E-state index contributed by atoms with van der Waals surface area (Å²) in [7, 11) is -1.56. The molecule has 1 saturated carbocycles. The zero-order valence-electron chi connectivity index (χ0n) is 15.3. The molecule has 1 aliphatic heterocycles. The Labute approximate surface area is 154 Å². The molecule has 144 valence electrons. The first-order chi connectivity index (χ1) is 12.3. The van der Waals surface area contributed by atoms with Gasteiger partial charge in [0.15, 0.2) is 9.84 Å². The smallest absolute Gasteiger partial charge is 0.268 e. The van der Waals surface area contributed by atoms with Gasteiger partial charge in [0.05, 0.1) is 23.5 Å². The van der Waals surface area contributed by atoms with E-state index in [4.69, 9.17) is 0 Å². The van der Waals surface area contributed by atoms with Gasteiger partial charge in [0.1, 0.15) is 5.69 Å². The number of aryl methyl sites for hydroxylation is 1. The Kier molecular flexibility index (Phi) is 5.41. The van der Waals surface area contributed by atoms with Crippen molar-refractivity contribution in [1.82, 2.24) is 15.2 Å². The van der Waals surface area contributed by atoms with Crippen LogP contribution in [0, 0.1) is 12.8 Å². The van der Waals surface area contributed by atoms with Gasteiger partial charge in [-0.15, -0.1) is 0 Å². The third-order valence-corrected chi connectivity index (χ3v) is 7.30. The maximum Gasteiger partial charge on any atom is 0.268 e. The highest BCUT2D eigenvalue weighted by Crippen LogP contribution is 2.23. The fourth-order valence-electron chi connectivity index (χ4n) is 3.89. The van der Waals surface area contributed by atoms with Crippen molar-refractivity contribution in [2.45, 2.75) is 51.1 Å². The number of hydrogen-bond donors (Lipinski definition) is 2. The Morgan fingerprint density at radius 3 is 2.38 bits per heavy atom. The van der Waals surface area contributed by atoms with Crippen LogP contribution in [0.5, 0.6) is 0 Å². The Morgan fingerprint density at radius 1 is 1.08 bits per heavy atom. The minimum Gasteiger partial charge on any atom is -0.353 e. The first-order valence-electron chi connectivity index (χ1n) is 9.21. The Hall–Kier alpha value is -1.83. The van der Waals surface area contributed by atoms with Crippen molar-refractivity contribution in [3.8, 4) is 0 Å². The minimum atomic E-state index is -3.35. The van der Waals surface area contributed by atoms with Crippen LogP contribution in [0.4, 0.5) is 0 Å². The largest absolute Gasteiger partial charge is 0.353 e. The molecule has 7 nitrogen and oxygen atoms in total. The van der Waals surface area contributed by atoms with E-state index >= 15 is 0 Å². The maximum absolute atomic E-state index is 12.7. The number of amides is 2. The van der Waals surface area contributed by atoms with E-state index in [1.54, 1.807) is 17.7 Å². The molecule has 1 aromatic heterocycles. The molecule has 2 fully saturated rings. The molecule has 2 N–H and O–H groups in total. The number of carbonyl (C=O) groups is 2. The first kappa shape index (κ1) is 18.9. The topological polar surface area (TPSA) is 97.3 Å². The molecule has 1 aromatic rings. The molecule has 0 aromatic carbocycles. The highest BCUT2D eigenvalue weighted by molar-refractivity contribution is 7.91. The van der Waals surface area contributed by atoms with Crippen molar-refractivity contribution in [3.05, 3.63) is 23.5 Å². The fourth-order valence-corrected chi connectivity index (χ4v) is 5.82. The van der Waals surface area contributed by atoms with Gasteiger partial charge in [0.25, 0.3) is 5.91 Å². The summed E-state index contributed by atoms with van der Waals surface area (Å²) in [4.78, 5) is 25.2. The molecule has 0 bridgehead atoms. The van der Waals surface area contributed by atoms with Gasteiger partial charge in [-0.2, -0.15) is 0 Å². The monoisotopic (exact) mass is 381 g/mol. The van der Waals surface area contributed by atoms with Crippen LogP contribution >= 0.6 is 0 Å². The van der Waals surface area contributed by atoms with E-state index in [1.807, 2.05) is 13.0 Å². The second-order valence-corrected chi connectivity index (χ2v) is 9.68. The Bertz CT molecular complexity index is 793. The third kappa shape index (κ3) is 4.11. The molecular weight excluding hydrogens is 354 g/mol. The zero-order chi connectivity index (χ0) is 18.9. The number of nitrogens with zero attached hydrogens (tertiary/aromatic N) is 1. The molecule has 1 saturated heterocycles. The average molecular weight is 381 g/mol. The van der Waals surface area contributed by atoms with Crippen LogP contribution in [-0.2, 0) is 21.7 Å². The van der Waals surface area contributed by atoms with E-state index in [1.165, 1.54) is 6.42 Å². The molecule has 1 aliphatic carbocycles. The lowest BCUT2D eigenvalue weighted by atomic mass is 9.94. The highest BCUT2D eigenvalue weighted by atomic mass is 32.2. The van der Waals surface area contributed by atoms with Gasteiger partial charge in [-0.1, -0.05) is 19.3 Å². The van der Waals surface area contributed by atoms with Crippen LogP contribution in [0.3, 0.4) is 0 Å². The van der Waals surface area contributed by atoms with Crippen LogP contribution < -0.4 is 10.6 Å². The van der Waals surface area contributed by atoms with Crippen molar-refractivity contribution in [3.63, 3.8) is 0 Å². The molecule has 0 radical (unpaired) electrons. The predicted molar refractivity (Wildman–Crippen MR) is 98.6 cm³/mol. The molecule has 26 heavy (non-hydrogen) atoms. The number of aromatic nitrogens is 1. The molecule has 2 heterocycles. The Morgan fingerprint density at radius 2 is 1.77 bits per heavy atom. The summed E-state index contributed by atoms with van der Waals surface area (Å²) < 4.78 is 25.9. The van der Waals surface area contributed by atoms with Gasteiger partial charge in [0.2, 0.25) is 5.91 Å². The average Bonchev–Trinajstić information content (AvgIpc) is 3.07. The molecular formula is C18H27N3O4S. The number of hydrogen-bond acceptors (Lipinski definition) is 4. The normalized spacial score (nSPS) is 25.8. The number of carbonyl (C=O) groups excluding carboxylic acids is 2. The molecule has 2 atom stereocenters. The van der Waals surface area contributed by atoms with Crippen LogP contribution in [0.25, 0.3) is 0 Å². The molecule has 3 rings (SSSR count). The zero-order valence-corrected chi connectivity index (χ0v) is 16.1. The van der Waals surface area contributed by atoms with E-state index < -0.39 is 21.8 Å². The molecule has 8 heteroatoms. The molecule has 0 spiro atoms. The van der Waals surface area contributed by atoms with Gasteiger partial charge in [-0.25, -0.2) is 8.42 Å². The molecule has 0 unspecified atom stereocenters. The van der Waals surface area contributed by atoms with E-state index in [0.29, 0.717) is 5.69 Å². The lowest BCUT2D eigenvalue weighted by molar-refractivity contribution is -0.125. The number of rotatable bonds is 4. The van der Waals surface area contributed by atoms with Crippen molar-refractivity contribution >= 4 is 21.7 Å². The van der Waals surface area contributed by atoms with Gasteiger partial charge < -0.3 is 15.2 Å². The van der Waals surface area contributed by atoms with E-state index in [-0.39, 0.29) is 29.4 Å². The van der Waals surface area contributed by atoms with Crippen molar-refractivity contribution in [1.29, 1.82) is 0 Å². The molecule has 2 aliphatic rings. The fraction of sp³-hybridized carbons (Fsp3) is 0.667. The molecule has 2 amide bonds. The summed E-state index contributed by atoms with van der Waals surface area (Å²) in [6.45, 7) is 1.89. The first-order valence-corrected chi connectivity index (χ1v) is 11.0. The number of sulfone groups is 1. The van der Waals surface area contributed by atoms with Gasteiger partial charge >= 0.3 is 0 Å². The SMILES string of the molecule is Cc1ccc(C(=O)N[C@@H]2CS(=O)(=O)C[C@H]2C(=O)NC2CCCCC2)n1C.